The van der Waals surface area contributed by atoms with Crippen LogP contribution in [0.2, 0.25) is 0 Å². The van der Waals surface area contributed by atoms with Gasteiger partial charge in [0.2, 0.25) is 5.91 Å². The van der Waals surface area contributed by atoms with Gasteiger partial charge >= 0.3 is 12.4 Å². The molecule has 1 aromatic heterocycles. The van der Waals surface area contributed by atoms with E-state index in [4.69, 9.17) is 0 Å². The van der Waals surface area contributed by atoms with Crippen molar-refractivity contribution in [2.24, 2.45) is 0 Å². The summed E-state index contributed by atoms with van der Waals surface area (Å²) in [4.78, 5) is 16.3. The number of rotatable bonds is 6. The minimum atomic E-state index is -4.58. The second-order valence-corrected chi connectivity index (χ2v) is 9.44. The Hall–Kier alpha value is -2.08. The van der Waals surface area contributed by atoms with Crippen LogP contribution in [0, 0.1) is 0 Å². The van der Waals surface area contributed by atoms with Crippen LogP contribution in [0.15, 0.2) is 28.7 Å². The lowest BCUT2D eigenvalue weighted by molar-refractivity contribution is -0.142. The molecule has 1 aliphatic carbocycles. The average molecular weight is 553 g/mol. The smallest absolute Gasteiger partial charge is 0.340 e. The summed E-state index contributed by atoms with van der Waals surface area (Å²) in [6.07, 6.45) is -7.36. The number of nitrogens with zero attached hydrogens (tertiary/aromatic N) is 4. The van der Waals surface area contributed by atoms with Crippen molar-refractivity contribution >= 4 is 21.8 Å². The molecule has 1 saturated carbocycles. The summed E-state index contributed by atoms with van der Waals surface area (Å²) in [6.45, 7) is 2.22. The Morgan fingerprint density at radius 2 is 1.71 bits per heavy atom. The van der Waals surface area contributed by atoms with Crippen LogP contribution in [0.5, 0.6) is 0 Å². The zero-order valence-corrected chi connectivity index (χ0v) is 19.7. The Morgan fingerprint density at radius 1 is 1.03 bits per heavy atom. The maximum absolute atomic E-state index is 13.2. The van der Waals surface area contributed by atoms with E-state index in [0.29, 0.717) is 44.0 Å². The van der Waals surface area contributed by atoms with E-state index in [1.165, 1.54) is 10.7 Å². The van der Waals surface area contributed by atoms with Gasteiger partial charge in [0, 0.05) is 45.1 Å². The number of piperazine rings is 1. The van der Waals surface area contributed by atoms with Gasteiger partial charge in [0.05, 0.1) is 22.3 Å². The molecule has 0 N–H and O–H groups in total. The van der Waals surface area contributed by atoms with Crippen LogP contribution in [-0.4, -0.2) is 51.7 Å². The number of amides is 1. The summed E-state index contributed by atoms with van der Waals surface area (Å²) < 4.78 is 79.7. The van der Waals surface area contributed by atoms with Crippen LogP contribution in [0.25, 0.3) is 0 Å². The number of carbonyl (C=O) groups is 1. The molecule has 0 radical (unpaired) electrons. The molecule has 12 heteroatoms. The number of hydrogen-bond donors (Lipinski definition) is 0. The molecule has 0 atom stereocenters. The highest BCUT2D eigenvalue weighted by molar-refractivity contribution is 9.10. The summed E-state index contributed by atoms with van der Waals surface area (Å²) in [5.74, 6) is -0.159. The number of alkyl halides is 6. The molecule has 2 heterocycles. The monoisotopic (exact) mass is 552 g/mol. The summed E-state index contributed by atoms with van der Waals surface area (Å²) in [6, 6.07) is 5.18. The number of aryl methyl sites for hydroxylation is 1. The number of benzene rings is 1. The molecule has 0 unspecified atom stereocenters. The van der Waals surface area contributed by atoms with Gasteiger partial charge in [0.1, 0.15) is 0 Å². The van der Waals surface area contributed by atoms with Crippen LogP contribution in [0.1, 0.15) is 47.7 Å². The summed E-state index contributed by atoms with van der Waals surface area (Å²) in [5, 5.41) is 3.73. The van der Waals surface area contributed by atoms with Crippen molar-refractivity contribution in [3.63, 3.8) is 0 Å². The molecular formula is C22H23BrF6N4O. The molecule has 2 aliphatic rings. The van der Waals surface area contributed by atoms with Crippen LogP contribution in [0.3, 0.4) is 0 Å². The fourth-order valence-corrected chi connectivity index (χ4v) is 5.00. The van der Waals surface area contributed by atoms with Crippen molar-refractivity contribution < 1.29 is 31.1 Å². The van der Waals surface area contributed by atoms with Crippen molar-refractivity contribution in [3.8, 4) is 0 Å². The number of aromatic nitrogens is 2. The molecule has 2 fully saturated rings. The first-order chi connectivity index (χ1) is 15.9. The number of carbonyl (C=O) groups excluding carboxylic acids is 1. The van der Waals surface area contributed by atoms with Crippen molar-refractivity contribution in [2.75, 3.05) is 26.2 Å². The largest absolute Gasteiger partial charge is 0.436 e. The maximum atomic E-state index is 13.2. The molecule has 4 rings (SSSR count). The minimum absolute atomic E-state index is 0.0208. The van der Waals surface area contributed by atoms with Gasteiger partial charge in [-0.2, -0.15) is 31.4 Å². The van der Waals surface area contributed by atoms with E-state index < -0.39 is 23.6 Å². The lowest BCUT2D eigenvalue weighted by atomic mass is 10.1. The van der Waals surface area contributed by atoms with Gasteiger partial charge in [-0.25, -0.2) is 0 Å². The molecule has 1 aliphatic heterocycles. The number of hydrogen-bond acceptors (Lipinski definition) is 3. The highest BCUT2D eigenvalue weighted by Gasteiger charge is 2.41. The Morgan fingerprint density at radius 3 is 2.29 bits per heavy atom. The summed E-state index contributed by atoms with van der Waals surface area (Å²) in [7, 11) is 0. The highest BCUT2D eigenvalue weighted by atomic mass is 79.9. The molecule has 2 aromatic rings. The second kappa shape index (κ2) is 9.52. The van der Waals surface area contributed by atoms with Gasteiger partial charge in [-0.3, -0.25) is 14.4 Å². The topological polar surface area (TPSA) is 41.4 Å². The third kappa shape index (κ3) is 5.76. The van der Waals surface area contributed by atoms with Gasteiger partial charge in [-0.1, -0.05) is 18.2 Å². The first kappa shape index (κ1) is 25.0. The van der Waals surface area contributed by atoms with Gasteiger partial charge in [-0.15, -0.1) is 0 Å². The second-order valence-electron chi connectivity index (χ2n) is 8.65. The fraction of sp³-hybridized carbons (Fsp3) is 0.545. The molecule has 1 saturated heterocycles. The van der Waals surface area contributed by atoms with Crippen LogP contribution in [-0.2, 0) is 30.2 Å². The van der Waals surface area contributed by atoms with E-state index in [9.17, 15) is 31.1 Å². The predicted molar refractivity (Wildman–Crippen MR) is 115 cm³/mol. The van der Waals surface area contributed by atoms with Crippen molar-refractivity contribution in [2.45, 2.75) is 50.6 Å². The van der Waals surface area contributed by atoms with Crippen molar-refractivity contribution in [3.05, 3.63) is 51.3 Å². The molecule has 1 amide bonds. The number of halogens is 7. The highest BCUT2D eigenvalue weighted by Crippen LogP contribution is 2.47. The lowest BCUT2D eigenvalue weighted by Gasteiger charge is -2.35. The molecule has 0 spiro atoms. The van der Waals surface area contributed by atoms with E-state index in [-0.39, 0.29) is 29.3 Å². The zero-order valence-electron chi connectivity index (χ0n) is 18.1. The van der Waals surface area contributed by atoms with E-state index in [1.807, 2.05) is 4.90 Å². The molecule has 5 nitrogen and oxygen atoms in total. The average Bonchev–Trinajstić information content (AvgIpc) is 3.54. The van der Waals surface area contributed by atoms with Crippen LogP contribution >= 0.6 is 15.9 Å². The normalized spacial score (nSPS) is 17.9. The van der Waals surface area contributed by atoms with Gasteiger partial charge in [0.15, 0.2) is 5.69 Å². The van der Waals surface area contributed by atoms with Crippen molar-refractivity contribution in [1.29, 1.82) is 0 Å². The minimum Gasteiger partial charge on any atom is -0.340 e. The zero-order chi connectivity index (χ0) is 24.7. The Balaban J connectivity index is 1.31. The van der Waals surface area contributed by atoms with Gasteiger partial charge in [-0.05, 0) is 40.4 Å². The molecule has 186 valence electrons. The SMILES string of the molecule is O=C(CCn1nc(C(F)(F)F)c(Br)c1C1CC1)N1CCN(Cc2cccc(C(F)(F)F)c2)CC1. The Bertz CT molecular complexity index is 1040. The fourth-order valence-electron chi connectivity index (χ4n) is 4.17. The van der Waals surface area contributed by atoms with Crippen LogP contribution in [0.4, 0.5) is 26.3 Å². The standard InChI is InChI=1S/C22H23BrF6N4O/c23-18-19(15-4-5-15)33(30-20(18)22(27,28)29)7-6-17(34)32-10-8-31(9-11-32)13-14-2-1-3-16(12-14)21(24,25)26/h1-3,12,15H,4-11,13H2. The first-order valence-electron chi connectivity index (χ1n) is 10.9. The molecule has 1 aromatic carbocycles. The molecule has 0 bridgehead atoms. The molecular weight excluding hydrogens is 530 g/mol. The maximum Gasteiger partial charge on any atom is 0.436 e. The quantitative estimate of drug-likeness (QED) is 0.457. The summed E-state index contributed by atoms with van der Waals surface area (Å²) in [5.41, 5.74) is -0.619. The van der Waals surface area contributed by atoms with Gasteiger partial charge < -0.3 is 4.90 Å². The van der Waals surface area contributed by atoms with Crippen LogP contribution < -0.4 is 0 Å². The Kier molecular flexibility index (Phi) is 7.01. The molecule has 34 heavy (non-hydrogen) atoms. The predicted octanol–water partition coefficient (Wildman–Crippen LogP) is 5.30. The van der Waals surface area contributed by atoms with E-state index in [1.54, 1.807) is 11.0 Å². The lowest BCUT2D eigenvalue weighted by Crippen LogP contribution is -2.48. The third-order valence-electron chi connectivity index (χ3n) is 6.09. The van der Waals surface area contributed by atoms with Crippen molar-refractivity contribution in [1.82, 2.24) is 19.6 Å². The van der Waals surface area contributed by atoms with Gasteiger partial charge in [0.25, 0.3) is 0 Å². The Labute approximate surface area is 200 Å². The van der Waals surface area contributed by atoms with E-state index in [0.717, 1.165) is 25.0 Å². The summed E-state index contributed by atoms with van der Waals surface area (Å²) >= 11 is 3.04. The van der Waals surface area contributed by atoms with E-state index in [2.05, 4.69) is 21.0 Å². The van der Waals surface area contributed by atoms with E-state index >= 15 is 0 Å². The first-order valence-corrected chi connectivity index (χ1v) is 11.7. The third-order valence-corrected chi connectivity index (χ3v) is 6.87.